The van der Waals surface area contributed by atoms with Crippen LogP contribution in [-0.4, -0.2) is 55.6 Å². The van der Waals surface area contributed by atoms with E-state index in [4.69, 9.17) is 4.74 Å². The number of rotatable bonds is 5. The lowest BCUT2D eigenvalue weighted by atomic mass is 9.86. The van der Waals surface area contributed by atoms with Gasteiger partial charge in [0.2, 0.25) is 12.3 Å². The number of cyclic esters (lactones) is 1. The Morgan fingerprint density at radius 3 is 2.70 bits per heavy atom. The average Bonchev–Trinajstić information content (AvgIpc) is 3.01. The SMILES string of the molecule is CC(=O)NC[C@H]1CN(c2ccc(C3(F)CCN(C=O)CC3)c(F)c2)C(=O)O1. The lowest BCUT2D eigenvalue weighted by Gasteiger charge is -2.35. The Morgan fingerprint density at radius 1 is 1.41 bits per heavy atom. The highest BCUT2D eigenvalue weighted by Gasteiger charge is 2.39. The fraction of sp³-hybridized carbons (Fsp3) is 0.500. The zero-order chi connectivity index (χ0) is 19.6. The molecule has 7 nitrogen and oxygen atoms in total. The highest BCUT2D eigenvalue weighted by Crippen LogP contribution is 2.39. The molecule has 0 spiro atoms. The minimum atomic E-state index is -1.85. The molecule has 0 unspecified atom stereocenters. The second-order valence-electron chi connectivity index (χ2n) is 6.82. The van der Waals surface area contributed by atoms with E-state index in [9.17, 15) is 18.8 Å². The van der Waals surface area contributed by atoms with Gasteiger partial charge in [0.25, 0.3) is 0 Å². The summed E-state index contributed by atoms with van der Waals surface area (Å²) in [6.07, 6.45) is -0.481. The number of benzene rings is 1. The van der Waals surface area contributed by atoms with Crippen molar-refractivity contribution < 1.29 is 27.9 Å². The largest absolute Gasteiger partial charge is 0.442 e. The summed E-state index contributed by atoms with van der Waals surface area (Å²) in [5.74, 6) is -0.985. The standard InChI is InChI=1S/C18H21F2N3O4/c1-12(25)21-9-14-10-23(17(26)27-14)13-2-3-15(16(19)8-13)18(20)4-6-22(11-24)7-5-18/h2-3,8,11,14H,4-7,9-10H2,1H3,(H,21,25)/t14-/m0/s1. The van der Waals surface area contributed by atoms with Gasteiger partial charge in [-0.1, -0.05) is 6.07 Å². The van der Waals surface area contributed by atoms with Crippen LogP contribution in [-0.2, 0) is 20.0 Å². The fourth-order valence-corrected chi connectivity index (χ4v) is 3.38. The van der Waals surface area contributed by atoms with Crippen molar-refractivity contribution in [3.05, 3.63) is 29.6 Å². The minimum absolute atomic E-state index is 0.0204. The Morgan fingerprint density at radius 2 is 2.11 bits per heavy atom. The smallest absolute Gasteiger partial charge is 0.414 e. The number of likely N-dealkylation sites (tertiary alicyclic amines) is 1. The number of hydrogen-bond donors (Lipinski definition) is 1. The summed E-state index contributed by atoms with van der Waals surface area (Å²) in [6.45, 7) is 2.13. The van der Waals surface area contributed by atoms with E-state index < -0.39 is 23.7 Å². The monoisotopic (exact) mass is 381 g/mol. The number of ether oxygens (including phenoxy) is 1. The van der Waals surface area contributed by atoms with E-state index in [-0.39, 0.29) is 56.2 Å². The van der Waals surface area contributed by atoms with E-state index in [1.807, 2.05) is 0 Å². The Balaban J connectivity index is 1.72. The molecule has 3 rings (SSSR count). The van der Waals surface area contributed by atoms with Gasteiger partial charge in [-0.3, -0.25) is 14.5 Å². The van der Waals surface area contributed by atoms with Crippen LogP contribution in [0.4, 0.5) is 19.3 Å². The van der Waals surface area contributed by atoms with Crippen LogP contribution >= 0.6 is 0 Å². The first-order valence-electron chi connectivity index (χ1n) is 8.73. The van der Waals surface area contributed by atoms with Crippen molar-refractivity contribution in [1.29, 1.82) is 0 Å². The summed E-state index contributed by atoms with van der Waals surface area (Å²) in [4.78, 5) is 36.5. The van der Waals surface area contributed by atoms with Gasteiger partial charge in [0.15, 0.2) is 0 Å². The molecular weight excluding hydrogens is 360 g/mol. The first kappa shape index (κ1) is 19.1. The van der Waals surface area contributed by atoms with E-state index in [0.29, 0.717) is 6.41 Å². The van der Waals surface area contributed by atoms with Crippen molar-refractivity contribution in [2.24, 2.45) is 0 Å². The van der Waals surface area contributed by atoms with Crippen molar-refractivity contribution in [1.82, 2.24) is 10.2 Å². The predicted molar refractivity (Wildman–Crippen MR) is 92.4 cm³/mol. The maximum atomic E-state index is 15.2. The first-order chi connectivity index (χ1) is 12.8. The lowest BCUT2D eigenvalue weighted by molar-refractivity contribution is -0.121. The van der Waals surface area contributed by atoms with Crippen LogP contribution in [0, 0.1) is 5.82 Å². The quantitative estimate of drug-likeness (QED) is 0.788. The minimum Gasteiger partial charge on any atom is -0.442 e. The van der Waals surface area contributed by atoms with Crippen molar-refractivity contribution in [3.63, 3.8) is 0 Å². The number of halogens is 2. The molecule has 0 aliphatic carbocycles. The molecular formula is C18H21F2N3O4. The number of carbonyl (C=O) groups is 3. The number of nitrogens with one attached hydrogen (secondary N) is 1. The van der Waals surface area contributed by atoms with Crippen molar-refractivity contribution in [3.8, 4) is 0 Å². The van der Waals surface area contributed by atoms with E-state index >= 15 is 4.39 Å². The highest BCUT2D eigenvalue weighted by molar-refractivity contribution is 5.89. The van der Waals surface area contributed by atoms with E-state index in [2.05, 4.69) is 5.32 Å². The molecule has 2 fully saturated rings. The van der Waals surface area contributed by atoms with Gasteiger partial charge in [0.05, 0.1) is 18.8 Å². The van der Waals surface area contributed by atoms with Crippen molar-refractivity contribution in [2.75, 3.05) is 31.1 Å². The molecule has 146 valence electrons. The number of alkyl halides is 1. The molecule has 1 aromatic rings. The topological polar surface area (TPSA) is 79.0 Å². The normalized spacial score (nSPS) is 21.7. The van der Waals surface area contributed by atoms with Crippen molar-refractivity contribution >= 4 is 24.1 Å². The maximum absolute atomic E-state index is 15.2. The van der Waals surface area contributed by atoms with Crippen molar-refractivity contribution in [2.45, 2.75) is 31.5 Å². The fourth-order valence-electron chi connectivity index (χ4n) is 3.38. The highest BCUT2D eigenvalue weighted by atomic mass is 19.1. The van der Waals surface area contributed by atoms with Gasteiger partial charge in [-0.15, -0.1) is 0 Å². The number of anilines is 1. The van der Waals surface area contributed by atoms with E-state index in [1.54, 1.807) is 0 Å². The first-order valence-corrected chi connectivity index (χ1v) is 8.73. The summed E-state index contributed by atoms with van der Waals surface area (Å²) < 4.78 is 34.9. The number of piperidine rings is 1. The van der Waals surface area contributed by atoms with Gasteiger partial charge < -0.3 is 15.0 Å². The summed E-state index contributed by atoms with van der Waals surface area (Å²) in [6, 6.07) is 3.94. The molecule has 2 aliphatic rings. The summed E-state index contributed by atoms with van der Waals surface area (Å²) in [5.41, 5.74) is -1.65. The van der Waals surface area contributed by atoms with E-state index in [0.717, 1.165) is 6.07 Å². The van der Waals surface area contributed by atoms with Gasteiger partial charge in [0.1, 0.15) is 17.6 Å². The molecule has 0 aromatic heterocycles. The molecule has 27 heavy (non-hydrogen) atoms. The van der Waals surface area contributed by atoms with Crippen LogP contribution in [0.15, 0.2) is 18.2 Å². The Labute approximate surface area is 155 Å². The van der Waals surface area contributed by atoms with Gasteiger partial charge in [-0.2, -0.15) is 0 Å². The summed E-state index contributed by atoms with van der Waals surface area (Å²) >= 11 is 0. The third-order valence-corrected chi connectivity index (χ3v) is 4.94. The van der Waals surface area contributed by atoms with Crippen LogP contribution in [0.2, 0.25) is 0 Å². The molecule has 0 radical (unpaired) electrons. The molecule has 1 aromatic carbocycles. The molecule has 1 atom stereocenters. The average molecular weight is 381 g/mol. The van der Waals surface area contributed by atoms with Gasteiger partial charge in [-0.05, 0) is 12.1 Å². The predicted octanol–water partition coefficient (Wildman–Crippen LogP) is 1.70. The lowest BCUT2D eigenvalue weighted by Crippen LogP contribution is -2.40. The number of nitrogens with zero attached hydrogens (tertiary/aromatic N) is 2. The molecule has 2 aliphatic heterocycles. The summed E-state index contributed by atoms with van der Waals surface area (Å²) in [5, 5.41) is 2.56. The Hall–Kier alpha value is -2.71. The number of amides is 3. The molecule has 2 saturated heterocycles. The molecule has 2 heterocycles. The van der Waals surface area contributed by atoms with Crippen LogP contribution in [0.5, 0.6) is 0 Å². The van der Waals surface area contributed by atoms with Crippen LogP contribution in [0.1, 0.15) is 25.3 Å². The van der Waals surface area contributed by atoms with Gasteiger partial charge in [-0.25, -0.2) is 13.6 Å². The molecule has 1 N–H and O–H groups in total. The van der Waals surface area contributed by atoms with Crippen LogP contribution < -0.4 is 10.2 Å². The second kappa shape index (κ2) is 7.50. The van der Waals surface area contributed by atoms with Crippen LogP contribution in [0.3, 0.4) is 0 Å². The summed E-state index contributed by atoms with van der Waals surface area (Å²) in [7, 11) is 0. The second-order valence-corrected chi connectivity index (χ2v) is 6.82. The molecule has 3 amide bonds. The third-order valence-electron chi connectivity index (χ3n) is 4.94. The molecule has 9 heteroatoms. The third kappa shape index (κ3) is 4.01. The number of hydrogen-bond acceptors (Lipinski definition) is 4. The van der Waals surface area contributed by atoms with Crippen LogP contribution in [0.25, 0.3) is 0 Å². The van der Waals surface area contributed by atoms with Gasteiger partial charge in [0, 0.05) is 38.4 Å². The van der Waals surface area contributed by atoms with Gasteiger partial charge >= 0.3 is 6.09 Å². The Bertz CT molecular complexity index is 750. The molecule has 0 bridgehead atoms. The number of carbonyl (C=O) groups excluding carboxylic acids is 3. The Kier molecular flexibility index (Phi) is 5.29. The maximum Gasteiger partial charge on any atom is 0.414 e. The zero-order valence-corrected chi connectivity index (χ0v) is 14.9. The molecule has 0 saturated carbocycles. The zero-order valence-electron chi connectivity index (χ0n) is 14.9. The van der Waals surface area contributed by atoms with E-state index in [1.165, 1.54) is 28.9 Å².